The van der Waals surface area contributed by atoms with Gasteiger partial charge in [-0.1, -0.05) is 41.5 Å². The highest BCUT2D eigenvalue weighted by Gasteiger charge is 2.38. The number of methoxy groups -OCH3 is 2. The summed E-state index contributed by atoms with van der Waals surface area (Å²) in [5.41, 5.74) is 1.05. The largest absolute Gasteiger partial charge is 0.493 e. The monoisotopic (exact) mass is 1400 g/mol. The van der Waals surface area contributed by atoms with Crippen LogP contribution in [-0.4, -0.2) is 184 Å². The Morgan fingerprint density at radius 2 is 0.948 bits per heavy atom. The topological polar surface area (TPSA) is 265 Å². The Morgan fingerprint density at radius 3 is 1.33 bits per heavy atom. The molecule has 0 aliphatic carbocycles. The van der Waals surface area contributed by atoms with Crippen LogP contribution in [0, 0.1) is 34.1 Å². The maximum absolute atomic E-state index is 13.6. The molecule has 97 heavy (non-hydrogen) atoms. The summed E-state index contributed by atoms with van der Waals surface area (Å²) in [5.74, 6) is -1.11. The molecule has 6 heterocycles. The first-order valence-corrected chi connectivity index (χ1v) is 34.9. The van der Waals surface area contributed by atoms with E-state index < -0.39 is 42.9 Å². The van der Waals surface area contributed by atoms with Gasteiger partial charge >= 0.3 is 7.82 Å². The molecule has 2 atom stereocenters. The van der Waals surface area contributed by atoms with Crippen LogP contribution in [0.5, 0.6) is 23.0 Å². The molecule has 10 rings (SSSR count). The highest BCUT2D eigenvalue weighted by atomic mass is 32.1. The van der Waals surface area contributed by atoms with Crippen LogP contribution in [0.15, 0.2) is 85.7 Å². The summed E-state index contributed by atoms with van der Waals surface area (Å²) in [4.78, 5) is 73.5. The van der Waals surface area contributed by atoms with Gasteiger partial charge in [0.25, 0.3) is 0 Å². The molecule has 8 aromatic rings. The maximum atomic E-state index is 13.6. The number of thiazole rings is 2. The fourth-order valence-electron chi connectivity index (χ4n) is 11.8. The zero-order valence-corrected chi connectivity index (χ0v) is 57.9. The second-order valence-electron chi connectivity index (χ2n) is 25.7. The van der Waals surface area contributed by atoms with Crippen LogP contribution < -0.4 is 40.2 Å². The van der Waals surface area contributed by atoms with Crippen LogP contribution in [-0.2, 0) is 36.0 Å². The summed E-state index contributed by atoms with van der Waals surface area (Å²) in [5, 5.41) is 13.7. The minimum absolute atomic E-state index is 0.0193. The van der Waals surface area contributed by atoms with Crippen molar-refractivity contribution in [1.82, 2.24) is 49.5 Å². The summed E-state index contributed by atoms with van der Waals surface area (Å²) in [6.07, 6.45) is 7.31. The lowest BCUT2D eigenvalue weighted by molar-refractivity contribution is -0.116. The highest BCUT2D eigenvalue weighted by molar-refractivity contribution is 7.47. The van der Waals surface area contributed by atoms with Crippen molar-refractivity contribution < 1.29 is 64.6 Å². The fourth-order valence-corrected chi connectivity index (χ4v) is 14.1. The number of aromatic nitrogens is 6. The van der Waals surface area contributed by atoms with Gasteiger partial charge in [0.2, 0.25) is 11.8 Å². The van der Waals surface area contributed by atoms with Crippen LogP contribution in [0.1, 0.15) is 64.1 Å². The number of rotatable bonds is 30. The van der Waals surface area contributed by atoms with Crippen molar-refractivity contribution in [2.45, 2.75) is 79.3 Å². The number of benzene rings is 4. The molecule has 0 saturated carbocycles. The molecular formula is C66H81F4N14O10PS2. The van der Waals surface area contributed by atoms with Crippen molar-refractivity contribution in [3.05, 3.63) is 119 Å². The molecule has 5 N–H and O–H groups in total. The van der Waals surface area contributed by atoms with Crippen LogP contribution in [0.2, 0.25) is 0 Å². The van der Waals surface area contributed by atoms with Crippen molar-refractivity contribution >= 4 is 97.4 Å². The van der Waals surface area contributed by atoms with Gasteiger partial charge < -0.3 is 54.9 Å². The molecule has 2 fully saturated rings. The Labute approximate surface area is 568 Å². The number of anilines is 6. The van der Waals surface area contributed by atoms with E-state index >= 15 is 0 Å². The van der Waals surface area contributed by atoms with Crippen LogP contribution in [0.3, 0.4) is 0 Å². The first-order chi connectivity index (χ1) is 46.3. The Hall–Kier alpha value is -7.77. The number of piperazine rings is 2. The van der Waals surface area contributed by atoms with Gasteiger partial charge in [0.05, 0.1) is 64.5 Å². The van der Waals surface area contributed by atoms with E-state index in [2.05, 4.69) is 112 Å². The van der Waals surface area contributed by atoms with Crippen LogP contribution in [0.25, 0.3) is 21.8 Å². The molecule has 4 aromatic heterocycles. The lowest BCUT2D eigenvalue weighted by Gasteiger charge is -2.47. The predicted octanol–water partition coefficient (Wildman–Crippen LogP) is 11.3. The van der Waals surface area contributed by atoms with Gasteiger partial charge in [-0.3, -0.25) is 28.4 Å². The molecule has 2 aliphatic heterocycles. The zero-order chi connectivity index (χ0) is 69.0. The number of nitrogens with one attached hydrogen (secondary N) is 4. The lowest BCUT2D eigenvalue weighted by atomic mass is 9.84. The predicted molar refractivity (Wildman–Crippen MR) is 365 cm³/mol. The molecule has 0 spiro atoms. The third-order valence-electron chi connectivity index (χ3n) is 16.5. The van der Waals surface area contributed by atoms with Gasteiger partial charge in [0.1, 0.15) is 47.6 Å². The quantitative estimate of drug-likeness (QED) is 0.0159. The molecule has 0 radical (unpaired) electrons. The number of carbonyl (C=O) groups is 2. The Morgan fingerprint density at radius 1 is 0.546 bits per heavy atom. The number of fused-ring (bicyclic) bond motifs is 2. The molecule has 2 unspecified atom stereocenters. The molecule has 24 nitrogen and oxygen atoms in total. The first-order valence-electron chi connectivity index (χ1n) is 31.7. The number of hydrogen-bond acceptors (Lipinski definition) is 23. The molecule has 2 amide bonds. The minimum Gasteiger partial charge on any atom is -0.493 e. The van der Waals surface area contributed by atoms with Crippen molar-refractivity contribution in [2.24, 2.45) is 10.8 Å². The summed E-state index contributed by atoms with van der Waals surface area (Å²) < 4.78 is 103. The van der Waals surface area contributed by atoms with E-state index in [1.54, 1.807) is 50.9 Å². The summed E-state index contributed by atoms with van der Waals surface area (Å²) in [6, 6.07) is 13.1. The fraction of sp³-hybridized carbons (Fsp3) is 0.455. The van der Waals surface area contributed by atoms with Crippen molar-refractivity contribution in [3.63, 3.8) is 0 Å². The summed E-state index contributed by atoms with van der Waals surface area (Å²) >= 11 is 2.47. The molecule has 2 aliphatic rings. The van der Waals surface area contributed by atoms with Crippen molar-refractivity contribution in [1.29, 1.82) is 0 Å². The molecule has 2 saturated heterocycles. The number of amides is 2. The van der Waals surface area contributed by atoms with Gasteiger partial charge in [0, 0.05) is 146 Å². The molecule has 4 aromatic carbocycles. The number of carbonyl (C=O) groups excluding carboxylic acids is 2. The molecule has 0 bridgehead atoms. The number of hydrogen-bond donors (Lipinski definition) is 5. The van der Waals surface area contributed by atoms with E-state index in [1.807, 2.05) is 0 Å². The number of phosphoric ester groups is 1. The summed E-state index contributed by atoms with van der Waals surface area (Å²) in [7, 11) is -1.24. The van der Waals surface area contributed by atoms with Gasteiger partial charge in [-0.2, -0.15) is 0 Å². The summed E-state index contributed by atoms with van der Waals surface area (Å²) in [6.45, 7) is 21.3. The number of nitrogens with zero attached hydrogens (tertiary/aromatic N) is 10. The van der Waals surface area contributed by atoms with Crippen LogP contribution in [0.4, 0.5) is 50.8 Å². The molecule has 31 heteroatoms. The van der Waals surface area contributed by atoms with Crippen LogP contribution >= 0.6 is 30.5 Å². The molecular weight excluding hydrogens is 1320 g/mol. The van der Waals surface area contributed by atoms with Crippen molar-refractivity contribution in [2.75, 3.05) is 127 Å². The Balaban J connectivity index is 0.626. The average molecular weight is 1400 g/mol. The van der Waals surface area contributed by atoms with E-state index in [9.17, 15) is 36.6 Å². The smallest absolute Gasteiger partial charge is 0.472 e. The normalized spacial score (nSPS) is 16.7. The number of phosphoric acid groups is 1. The van der Waals surface area contributed by atoms with E-state index in [4.69, 9.17) is 28.0 Å². The third-order valence-corrected chi connectivity index (χ3v) is 19.4. The van der Waals surface area contributed by atoms with Crippen molar-refractivity contribution in [3.8, 4) is 23.0 Å². The van der Waals surface area contributed by atoms with Gasteiger partial charge in [0.15, 0.2) is 33.3 Å². The van der Waals surface area contributed by atoms with E-state index in [0.29, 0.717) is 103 Å². The zero-order valence-electron chi connectivity index (χ0n) is 55.3. The maximum Gasteiger partial charge on any atom is 0.472 e. The minimum atomic E-state index is -4.36. The molecule has 520 valence electrons. The van der Waals surface area contributed by atoms with E-state index in [1.165, 1.54) is 35.3 Å². The SMILES string of the molecule is COc1cc2c(Nc3ncc(CC(=O)Nc4cc(F)cc(F)c4)s3)ncnc2cc1OCCCN1CCN(CCOP(=O)(O)OCCN2CCN(CCCOc3cc4ncnc(Nc5ncc(CC(=O)Nc6cc(F)cc(F)c6)s5)c4cc3OC)CC2C(C)(C)C)C(C(C)(C)C)C1. The number of ether oxygens (including phenoxy) is 4. The second kappa shape index (κ2) is 32.3. The van der Waals surface area contributed by atoms with Gasteiger partial charge in [-0.25, -0.2) is 52.0 Å². The first kappa shape index (κ1) is 72.0. The standard InChI is InChI=1S/C66H81F4N14O10PS2/c1-65(2,3)57-37-81(11-9-19-91-55-33-51-49(31-53(55)89-7)61(75-39-73-51)79-63-71-35-47(96-63)29-59(85)77-45-25-41(67)23-42(68)26-45)13-15-83(57)17-21-93-95(87,88)94-22-18-84-16-14-82(38-58(84)66(4,5)6)12-10-20-92-56-34-52-50(32-54(56)90-8)62(76-40-74-52)80-64-72-36-48(97-64)30-60(86)78-46-27-43(69)24-44(70)28-46/h23-28,31-36,39-40,57-58H,9-22,29-30,37-38H2,1-8H3,(H,77,85)(H,78,86)(H,87,88)(H,71,73,75,79)(H,72,74,76,80). The third kappa shape index (κ3) is 20.2. The number of halogens is 4. The van der Waals surface area contributed by atoms with Gasteiger partial charge in [-0.05, 0) is 60.1 Å². The Bertz CT molecular complexity index is 3800. The van der Waals surface area contributed by atoms with E-state index in [0.717, 1.165) is 102 Å². The lowest BCUT2D eigenvalue weighted by Crippen LogP contribution is -2.58. The second-order valence-corrected chi connectivity index (χ2v) is 29.4. The Kier molecular flexibility index (Phi) is 24.0. The van der Waals surface area contributed by atoms with E-state index in [-0.39, 0.29) is 60.3 Å². The highest BCUT2D eigenvalue weighted by Crippen LogP contribution is 2.44. The average Bonchev–Trinajstić information content (AvgIpc) is 1.42. The van der Waals surface area contributed by atoms with Gasteiger partial charge in [-0.15, -0.1) is 22.7 Å².